The number of hydrogen-bond donors (Lipinski definition) is 1. The summed E-state index contributed by atoms with van der Waals surface area (Å²) in [6, 6.07) is 10.1. The average Bonchev–Trinajstić information content (AvgIpc) is 2.49. The number of rotatable bonds is 4. The maximum atomic E-state index is 11.9. The molecule has 0 aliphatic rings. The molecule has 116 valence electrons. The number of carbonyl (C=O) groups is 2. The van der Waals surface area contributed by atoms with Gasteiger partial charge in [0.15, 0.2) is 6.61 Å². The summed E-state index contributed by atoms with van der Waals surface area (Å²) in [5.41, 5.74) is 0.542. The molecule has 0 saturated heterocycles. The minimum Gasteiger partial charge on any atom is -0.451 e. The third kappa shape index (κ3) is 4.44. The first-order valence-corrected chi connectivity index (χ1v) is 6.21. The van der Waals surface area contributed by atoms with Crippen molar-refractivity contribution in [1.29, 1.82) is 0 Å². The van der Waals surface area contributed by atoms with E-state index in [-0.39, 0.29) is 5.69 Å². The van der Waals surface area contributed by atoms with Crippen LogP contribution in [0.3, 0.4) is 0 Å². The number of alkyl halides is 3. The number of halogens is 3. The first-order valence-electron chi connectivity index (χ1n) is 6.21. The van der Waals surface area contributed by atoms with Crippen LogP contribution in [0.1, 0.15) is 10.5 Å². The Morgan fingerprint density at radius 3 is 2.59 bits per heavy atom. The number of amides is 1. The summed E-state index contributed by atoms with van der Waals surface area (Å²) in [4.78, 5) is 26.9. The molecule has 0 spiro atoms. The molecule has 0 bridgehead atoms. The van der Waals surface area contributed by atoms with Gasteiger partial charge in [-0.2, -0.15) is 13.2 Å². The van der Waals surface area contributed by atoms with E-state index >= 15 is 0 Å². The second kappa shape index (κ2) is 6.42. The number of benzene rings is 1. The zero-order valence-corrected chi connectivity index (χ0v) is 11.2. The number of fused-ring (bicyclic) bond motifs is 1. The number of esters is 1. The molecule has 0 fully saturated rings. The fraction of sp³-hybridized carbons (Fsp3) is 0.214. The van der Waals surface area contributed by atoms with E-state index < -0.39 is 31.2 Å². The van der Waals surface area contributed by atoms with E-state index in [0.29, 0.717) is 5.52 Å². The van der Waals surface area contributed by atoms with Crippen LogP contribution >= 0.6 is 0 Å². The van der Waals surface area contributed by atoms with Gasteiger partial charge < -0.3 is 10.1 Å². The quantitative estimate of drug-likeness (QED) is 0.878. The Morgan fingerprint density at radius 2 is 1.86 bits per heavy atom. The Balaban J connectivity index is 1.92. The molecule has 2 aromatic rings. The average molecular weight is 312 g/mol. The molecule has 1 amide bonds. The summed E-state index contributed by atoms with van der Waals surface area (Å²) in [6.07, 6.45) is -4.51. The first kappa shape index (κ1) is 15.7. The van der Waals surface area contributed by atoms with Gasteiger partial charge in [-0.05, 0) is 12.1 Å². The van der Waals surface area contributed by atoms with Crippen molar-refractivity contribution in [3.05, 3.63) is 42.1 Å². The second-order valence-corrected chi connectivity index (χ2v) is 4.36. The van der Waals surface area contributed by atoms with Crippen molar-refractivity contribution in [3.8, 4) is 0 Å². The lowest BCUT2D eigenvalue weighted by atomic mass is 10.2. The van der Waals surface area contributed by atoms with Crippen LogP contribution in [0.4, 0.5) is 13.2 Å². The molecule has 0 aliphatic carbocycles. The lowest BCUT2D eigenvalue weighted by molar-refractivity contribution is -0.140. The van der Waals surface area contributed by atoms with E-state index in [1.165, 1.54) is 6.07 Å². The van der Waals surface area contributed by atoms with Crippen molar-refractivity contribution in [1.82, 2.24) is 10.3 Å². The van der Waals surface area contributed by atoms with Gasteiger partial charge in [-0.3, -0.25) is 4.79 Å². The van der Waals surface area contributed by atoms with E-state index in [2.05, 4.69) is 9.72 Å². The van der Waals surface area contributed by atoms with E-state index in [9.17, 15) is 22.8 Å². The fourth-order valence-corrected chi connectivity index (χ4v) is 1.63. The highest BCUT2D eigenvalue weighted by Crippen LogP contribution is 2.13. The minimum atomic E-state index is -4.51. The zero-order valence-electron chi connectivity index (χ0n) is 11.2. The van der Waals surface area contributed by atoms with Gasteiger partial charge in [0, 0.05) is 5.39 Å². The Morgan fingerprint density at radius 1 is 1.14 bits per heavy atom. The molecular formula is C14H11F3N2O3. The smallest absolute Gasteiger partial charge is 0.405 e. The van der Waals surface area contributed by atoms with Crippen LogP contribution in [0.2, 0.25) is 0 Å². The molecule has 1 N–H and O–H groups in total. The number of ether oxygens (including phenoxy) is 1. The third-order valence-electron chi connectivity index (χ3n) is 2.63. The zero-order chi connectivity index (χ0) is 16.2. The molecule has 1 aromatic heterocycles. The van der Waals surface area contributed by atoms with E-state index in [1.54, 1.807) is 23.5 Å². The van der Waals surface area contributed by atoms with Crippen LogP contribution < -0.4 is 5.32 Å². The normalized spacial score (nSPS) is 11.2. The minimum absolute atomic E-state index is 0.0256. The maximum Gasteiger partial charge on any atom is 0.405 e. The molecular weight excluding hydrogens is 301 g/mol. The highest BCUT2D eigenvalue weighted by Gasteiger charge is 2.27. The number of nitrogens with zero attached hydrogens (tertiary/aromatic N) is 1. The Kier molecular flexibility index (Phi) is 4.59. The van der Waals surface area contributed by atoms with Gasteiger partial charge in [0.25, 0.3) is 5.91 Å². The molecule has 1 heterocycles. The van der Waals surface area contributed by atoms with Crippen LogP contribution in [0.5, 0.6) is 0 Å². The molecule has 22 heavy (non-hydrogen) atoms. The third-order valence-corrected chi connectivity index (χ3v) is 2.63. The Labute approximate surface area is 123 Å². The van der Waals surface area contributed by atoms with Gasteiger partial charge in [0.1, 0.15) is 12.2 Å². The molecule has 2 rings (SSSR count). The van der Waals surface area contributed by atoms with Gasteiger partial charge in [0.2, 0.25) is 0 Å². The van der Waals surface area contributed by atoms with Crippen molar-refractivity contribution < 1.29 is 27.5 Å². The summed E-state index contributed by atoms with van der Waals surface area (Å²) in [5.74, 6) is -1.92. The van der Waals surface area contributed by atoms with Crippen molar-refractivity contribution in [3.63, 3.8) is 0 Å². The van der Waals surface area contributed by atoms with Gasteiger partial charge >= 0.3 is 12.1 Å². The number of carbonyl (C=O) groups excluding carboxylic acids is 2. The molecule has 0 saturated carbocycles. The molecule has 5 nitrogen and oxygen atoms in total. The van der Waals surface area contributed by atoms with Crippen LogP contribution in [0.25, 0.3) is 10.9 Å². The largest absolute Gasteiger partial charge is 0.451 e. The van der Waals surface area contributed by atoms with Gasteiger partial charge in [-0.1, -0.05) is 24.3 Å². The van der Waals surface area contributed by atoms with Crippen molar-refractivity contribution in [2.45, 2.75) is 6.18 Å². The Bertz CT molecular complexity index is 701. The number of para-hydroxylation sites is 1. The highest BCUT2D eigenvalue weighted by atomic mass is 19.4. The maximum absolute atomic E-state index is 11.9. The summed E-state index contributed by atoms with van der Waals surface area (Å²) in [6.45, 7) is -2.28. The molecule has 0 radical (unpaired) electrons. The SMILES string of the molecule is O=C(COC(=O)c1ccc2ccccc2n1)NCC(F)(F)F. The molecule has 0 unspecified atom stereocenters. The number of nitrogens with one attached hydrogen (secondary N) is 1. The number of aromatic nitrogens is 1. The van der Waals surface area contributed by atoms with Crippen molar-refractivity contribution in [2.24, 2.45) is 0 Å². The van der Waals surface area contributed by atoms with Crippen LogP contribution in [0.15, 0.2) is 36.4 Å². The predicted molar refractivity (Wildman–Crippen MR) is 71.1 cm³/mol. The lowest BCUT2D eigenvalue weighted by Crippen LogP contribution is -2.36. The second-order valence-electron chi connectivity index (χ2n) is 4.36. The van der Waals surface area contributed by atoms with Crippen LogP contribution in [-0.4, -0.2) is 36.2 Å². The lowest BCUT2D eigenvalue weighted by Gasteiger charge is -2.08. The molecule has 0 atom stereocenters. The van der Waals surface area contributed by atoms with E-state index in [1.807, 2.05) is 12.1 Å². The molecule has 0 aliphatic heterocycles. The highest BCUT2D eigenvalue weighted by molar-refractivity contribution is 5.92. The standard InChI is InChI=1S/C14H11F3N2O3/c15-14(16,17)8-18-12(20)7-22-13(21)11-6-5-9-3-1-2-4-10(9)19-11/h1-6H,7-8H2,(H,18,20). The van der Waals surface area contributed by atoms with Gasteiger partial charge in [0.05, 0.1) is 5.52 Å². The fourth-order valence-electron chi connectivity index (χ4n) is 1.63. The van der Waals surface area contributed by atoms with Crippen LogP contribution in [-0.2, 0) is 9.53 Å². The molecule has 8 heteroatoms. The topological polar surface area (TPSA) is 68.3 Å². The summed E-state index contributed by atoms with van der Waals surface area (Å²) < 4.78 is 40.3. The van der Waals surface area contributed by atoms with E-state index in [0.717, 1.165) is 5.39 Å². The summed E-state index contributed by atoms with van der Waals surface area (Å²) in [7, 11) is 0. The summed E-state index contributed by atoms with van der Waals surface area (Å²) in [5, 5.41) is 2.42. The van der Waals surface area contributed by atoms with Crippen molar-refractivity contribution >= 4 is 22.8 Å². The van der Waals surface area contributed by atoms with Crippen LogP contribution in [0, 0.1) is 0 Å². The monoisotopic (exact) mass is 312 g/mol. The Hall–Kier alpha value is -2.64. The predicted octanol–water partition coefficient (Wildman–Crippen LogP) is 2.07. The summed E-state index contributed by atoms with van der Waals surface area (Å²) >= 11 is 0. The molecule has 1 aromatic carbocycles. The van der Waals surface area contributed by atoms with E-state index in [4.69, 9.17) is 0 Å². The number of pyridine rings is 1. The van der Waals surface area contributed by atoms with Gasteiger partial charge in [-0.25, -0.2) is 9.78 Å². The van der Waals surface area contributed by atoms with Gasteiger partial charge in [-0.15, -0.1) is 0 Å². The van der Waals surface area contributed by atoms with Crippen molar-refractivity contribution in [2.75, 3.05) is 13.2 Å². The first-order chi connectivity index (χ1) is 10.3. The number of hydrogen-bond acceptors (Lipinski definition) is 4.